The zero-order valence-electron chi connectivity index (χ0n) is 9.29. The summed E-state index contributed by atoms with van der Waals surface area (Å²) in [5.74, 6) is 0. The van der Waals surface area contributed by atoms with Crippen LogP contribution in [-0.2, 0) is 6.54 Å². The van der Waals surface area contributed by atoms with E-state index < -0.39 is 0 Å². The Morgan fingerprint density at radius 1 is 1.67 bits per heavy atom. The summed E-state index contributed by atoms with van der Waals surface area (Å²) in [5, 5.41) is 7.20. The van der Waals surface area contributed by atoms with E-state index in [1.807, 2.05) is 13.8 Å². The largest absolute Gasteiger partial charge is 0.313 e. The van der Waals surface area contributed by atoms with Gasteiger partial charge in [-0.2, -0.15) is 5.10 Å². The van der Waals surface area contributed by atoms with Crippen molar-refractivity contribution in [2.24, 2.45) is 0 Å². The first-order valence-electron chi connectivity index (χ1n) is 5.04. The van der Waals surface area contributed by atoms with E-state index in [2.05, 4.69) is 17.0 Å². The van der Waals surface area contributed by atoms with Gasteiger partial charge in [0.15, 0.2) is 0 Å². The summed E-state index contributed by atoms with van der Waals surface area (Å²) in [7, 11) is 0. The normalized spacial score (nSPS) is 10.3. The van der Waals surface area contributed by atoms with Crippen LogP contribution < -0.4 is 10.9 Å². The average Bonchev–Trinajstić information content (AvgIpc) is 2.19. The van der Waals surface area contributed by atoms with Gasteiger partial charge in [-0.25, -0.2) is 4.68 Å². The molecule has 0 aromatic carbocycles. The molecule has 0 bridgehead atoms. The van der Waals surface area contributed by atoms with E-state index >= 15 is 0 Å². The van der Waals surface area contributed by atoms with Crippen LogP contribution in [0.15, 0.2) is 29.2 Å². The van der Waals surface area contributed by atoms with Crippen molar-refractivity contribution in [1.29, 1.82) is 0 Å². The number of aryl methyl sites for hydroxylation is 1. The van der Waals surface area contributed by atoms with Crippen molar-refractivity contribution in [3.63, 3.8) is 0 Å². The fourth-order valence-electron chi connectivity index (χ4n) is 1.21. The SMILES string of the molecule is C=C(CNCC)Cn1ncc(C)cc1=O. The molecule has 0 saturated heterocycles. The molecule has 0 aliphatic carbocycles. The number of hydrogen-bond acceptors (Lipinski definition) is 3. The van der Waals surface area contributed by atoms with Crippen LogP contribution in [0.25, 0.3) is 0 Å². The zero-order valence-corrected chi connectivity index (χ0v) is 9.29. The van der Waals surface area contributed by atoms with Gasteiger partial charge in [0, 0.05) is 12.6 Å². The van der Waals surface area contributed by atoms with Gasteiger partial charge in [0.25, 0.3) is 5.56 Å². The van der Waals surface area contributed by atoms with E-state index in [-0.39, 0.29) is 5.56 Å². The summed E-state index contributed by atoms with van der Waals surface area (Å²) in [6, 6.07) is 1.58. The summed E-state index contributed by atoms with van der Waals surface area (Å²) in [4.78, 5) is 11.5. The Hall–Kier alpha value is -1.42. The highest BCUT2D eigenvalue weighted by Crippen LogP contribution is 1.92. The Morgan fingerprint density at radius 3 is 3.00 bits per heavy atom. The molecule has 1 heterocycles. The smallest absolute Gasteiger partial charge is 0.267 e. The number of hydrogen-bond donors (Lipinski definition) is 1. The van der Waals surface area contributed by atoms with Crippen LogP contribution in [0.5, 0.6) is 0 Å². The highest BCUT2D eigenvalue weighted by Gasteiger charge is 1.99. The molecule has 0 amide bonds. The summed E-state index contributed by atoms with van der Waals surface area (Å²) >= 11 is 0. The topological polar surface area (TPSA) is 46.9 Å². The lowest BCUT2D eigenvalue weighted by atomic mass is 10.3. The quantitative estimate of drug-likeness (QED) is 0.724. The standard InChI is InChI=1S/C11H17N3O/c1-4-12-6-10(3)8-14-11(15)5-9(2)7-13-14/h5,7,12H,3-4,6,8H2,1-2H3. The van der Waals surface area contributed by atoms with Crippen LogP contribution >= 0.6 is 0 Å². The molecule has 1 rings (SSSR count). The van der Waals surface area contributed by atoms with Gasteiger partial charge in [-0.05, 0) is 24.6 Å². The molecule has 0 fully saturated rings. The Morgan fingerprint density at radius 2 is 2.40 bits per heavy atom. The Labute approximate surface area is 89.6 Å². The van der Waals surface area contributed by atoms with Gasteiger partial charge < -0.3 is 5.32 Å². The lowest BCUT2D eigenvalue weighted by Crippen LogP contribution is -2.26. The summed E-state index contributed by atoms with van der Waals surface area (Å²) in [5.41, 5.74) is 1.76. The van der Waals surface area contributed by atoms with Crippen LogP contribution in [0, 0.1) is 6.92 Å². The van der Waals surface area contributed by atoms with Gasteiger partial charge in [0.05, 0.1) is 12.7 Å². The second-order valence-corrected chi connectivity index (χ2v) is 3.56. The first kappa shape index (κ1) is 11.7. The van der Waals surface area contributed by atoms with E-state index in [9.17, 15) is 4.79 Å². The maximum atomic E-state index is 11.5. The molecule has 15 heavy (non-hydrogen) atoms. The minimum absolute atomic E-state index is 0.0763. The molecule has 1 aromatic heterocycles. The highest BCUT2D eigenvalue weighted by molar-refractivity contribution is 5.04. The minimum Gasteiger partial charge on any atom is -0.313 e. The van der Waals surface area contributed by atoms with E-state index in [1.165, 1.54) is 4.68 Å². The maximum absolute atomic E-state index is 11.5. The summed E-state index contributed by atoms with van der Waals surface area (Å²) in [6.45, 7) is 9.87. The molecule has 0 aliphatic heterocycles. The summed E-state index contributed by atoms with van der Waals surface area (Å²) < 4.78 is 1.42. The average molecular weight is 207 g/mol. The second kappa shape index (κ2) is 5.46. The Kier molecular flexibility index (Phi) is 4.24. The van der Waals surface area contributed by atoms with Gasteiger partial charge in [-0.3, -0.25) is 4.79 Å². The van der Waals surface area contributed by atoms with Gasteiger partial charge >= 0.3 is 0 Å². The van der Waals surface area contributed by atoms with Gasteiger partial charge in [-0.15, -0.1) is 0 Å². The van der Waals surface area contributed by atoms with Crippen LogP contribution in [-0.4, -0.2) is 22.9 Å². The fourth-order valence-corrected chi connectivity index (χ4v) is 1.21. The third-order valence-corrected chi connectivity index (χ3v) is 2.00. The van der Waals surface area contributed by atoms with Gasteiger partial charge in [0.1, 0.15) is 0 Å². The van der Waals surface area contributed by atoms with E-state index in [4.69, 9.17) is 0 Å². The number of nitrogens with one attached hydrogen (secondary N) is 1. The number of aromatic nitrogens is 2. The molecule has 1 aromatic rings. The molecular formula is C11H17N3O. The van der Waals surface area contributed by atoms with Crippen molar-refractivity contribution in [3.05, 3.63) is 40.3 Å². The van der Waals surface area contributed by atoms with Crippen molar-refractivity contribution in [1.82, 2.24) is 15.1 Å². The van der Waals surface area contributed by atoms with Gasteiger partial charge in [0.2, 0.25) is 0 Å². The third-order valence-electron chi connectivity index (χ3n) is 2.00. The van der Waals surface area contributed by atoms with Crippen LogP contribution in [0.1, 0.15) is 12.5 Å². The molecule has 4 heteroatoms. The highest BCUT2D eigenvalue weighted by atomic mass is 16.1. The van der Waals surface area contributed by atoms with E-state index in [0.717, 1.165) is 24.2 Å². The van der Waals surface area contributed by atoms with Gasteiger partial charge in [-0.1, -0.05) is 13.5 Å². The predicted molar refractivity (Wildman–Crippen MR) is 60.9 cm³/mol. The molecule has 1 N–H and O–H groups in total. The molecule has 0 atom stereocenters. The fraction of sp³-hybridized carbons (Fsp3) is 0.455. The van der Waals surface area contributed by atoms with Crippen LogP contribution in [0.4, 0.5) is 0 Å². The molecule has 0 spiro atoms. The van der Waals surface area contributed by atoms with Crippen molar-refractivity contribution in [2.45, 2.75) is 20.4 Å². The van der Waals surface area contributed by atoms with Crippen molar-refractivity contribution >= 4 is 0 Å². The Bertz CT molecular complexity index is 395. The molecule has 82 valence electrons. The number of nitrogens with zero attached hydrogens (tertiary/aromatic N) is 2. The number of likely N-dealkylation sites (N-methyl/N-ethyl adjacent to an activating group) is 1. The second-order valence-electron chi connectivity index (χ2n) is 3.56. The molecule has 4 nitrogen and oxygen atoms in total. The lowest BCUT2D eigenvalue weighted by molar-refractivity contribution is 0.608. The lowest BCUT2D eigenvalue weighted by Gasteiger charge is -2.07. The van der Waals surface area contributed by atoms with Crippen LogP contribution in [0.3, 0.4) is 0 Å². The maximum Gasteiger partial charge on any atom is 0.267 e. The van der Waals surface area contributed by atoms with Crippen molar-refractivity contribution in [2.75, 3.05) is 13.1 Å². The zero-order chi connectivity index (χ0) is 11.3. The van der Waals surface area contributed by atoms with E-state index in [0.29, 0.717) is 6.54 Å². The first-order chi connectivity index (χ1) is 7.13. The molecule has 0 saturated carbocycles. The predicted octanol–water partition coefficient (Wildman–Crippen LogP) is 0.717. The molecule has 0 radical (unpaired) electrons. The first-order valence-corrected chi connectivity index (χ1v) is 5.04. The third kappa shape index (κ3) is 3.67. The molecule has 0 aliphatic rings. The molecule has 0 unspecified atom stereocenters. The van der Waals surface area contributed by atoms with Crippen molar-refractivity contribution < 1.29 is 0 Å². The number of rotatable bonds is 5. The van der Waals surface area contributed by atoms with Crippen LogP contribution in [0.2, 0.25) is 0 Å². The van der Waals surface area contributed by atoms with Crippen molar-refractivity contribution in [3.8, 4) is 0 Å². The summed E-state index contributed by atoms with van der Waals surface area (Å²) in [6.07, 6.45) is 1.68. The minimum atomic E-state index is -0.0763. The molecular weight excluding hydrogens is 190 g/mol. The monoisotopic (exact) mass is 207 g/mol. The van der Waals surface area contributed by atoms with E-state index in [1.54, 1.807) is 12.3 Å². The Balaban J connectivity index is 2.65.